The summed E-state index contributed by atoms with van der Waals surface area (Å²) in [5, 5.41) is 2.85. The fraction of sp³-hybridized carbons (Fsp3) is 0.318. The van der Waals surface area contributed by atoms with Crippen molar-refractivity contribution in [2.24, 2.45) is 0 Å². The number of benzene rings is 2. The van der Waals surface area contributed by atoms with E-state index in [1.54, 1.807) is 42.5 Å². The molecule has 5 nitrogen and oxygen atoms in total. The SMILES string of the molecule is Cl.O=C(CCN1CCCCC1)Nc1cccc2c1C(=O)c1ccccc1C2=O. The maximum absolute atomic E-state index is 12.9. The Labute approximate surface area is 170 Å². The second-order valence-corrected chi connectivity index (χ2v) is 7.13. The Morgan fingerprint density at radius 3 is 2.21 bits per heavy atom. The van der Waals surface area contributed by atoms with Crippen LogP contribution in [0.5, 0.6) is 0 Å². The third-order valence-corrected chi connectivity index (χ3v) is 5.33. The number of halogens is 1. The lowest BCUT2D eigenvalue weighted by molar-refractivity contribution is -0.116. The minimum atomic E-state index is -0.216. The Morgan fingerprint density at radius 2 is 1.50 bits per heavy atom. The lowest BCUT2D eigenvalue weighted by atomic mass is 9.83. The Bertz CT molecular complexity index is 920. The zero-order chi connectivity index (χ0) is 18.8. The number of ketones is 2. The van der Waals surface area contributed by atoms with Gasteiger partial charge in [-0.2, -0.15) is 0 Å². The second kappa shape index (κ2) is 8.67. The van der Waals surface area contributed by atoms with E-state index >= 15 is 0 Å². The Balaban J connectivity index is 0.00000225. The van der Waals surface area contributed by atoms with Gasteiger partial charge in [0.2, 0.25) is 5.91 Å². The number of hydrogen-bond donors (Lipinski definition) is 1. The van der Waals surface area contributed by atoms with E-state index in [0.717, 1.165) is 19.6 Å². The molecule has 0 saturated carbocycles. The maximum atomic E-state index is 12.9. The van der Waals surface area contributed by atoms with Gasteiger partial charge in [0.1, 0.15) is 0 Å². The number of hydrogen-bond acceptors (Lipinski definition) is 4. The van der Waals surface area contributed by atoms with Crippen molar-refractivity contribution in [3.8, 4) is 0 Å². The van der Waals surface area contributed by atoms with Crippen LogP contribution in [0.4, 0.5) is 5.69 Å². The van der Waals surface area contributed by atoms with E-state index in [9.17, 15) is 14.4 Å². The molecule has 4 rings (SSSR count). The topological polar surface area (TPSA) is 66.5 Å². The van der Waals surface area contributed by atoms with E-state index in [1.807, 2.05) is 0 Å². The number of likely N-dealkylation sites (tertiary alicyclic amines) is 1. The first-order chi connectivity index (χ1) is 13.1. The van der Waals surface area contributed by atoms with Crippen molar-refractivity contribution in [3.05, 3.63) is 64.7 Å². The summed E-state index contributed by atoms with van der Waals surface area (Å²) in [4.78, 5) is 40.4. The van der Waals surface area contributed by atoms with Gasteiger partial charge >= 0.3 is 0 Å². The Hall–Kier alpha value is -2.50. The molecule has 0 spiro atoms. The molecule has 0 bridgehead atoms. The molecular formula is C22H23ClN2O3. The Kier molecular flexibility index (Phi) is 6.27. The third-order valence-electron chi connectivity index (χ3n) is 5.33. The summed E-state index contributed by atoms with van der Waals surface area (Å²) >= 11 is 0. The first-order valence-corrected chi connectivity index (χ1v) is 9.49. The van der Waals surface area contributed by atoms with Crippen molar-refractivity contribution in [2.75, 3.05) is 25.0 Å². The van der Waals surface area contributed by atoms with E-state index < -0.39 is 0 Å². The molecule has 28 heavy (non-hydrogen) atoms. The van der Waals surface area contributed by atoms with Crippen LogP contribution in [0.2, 0.25) is 0 Å². The highest BCUT2D eigenvalue weighted by atomic mass is 35.5. The summed E-state index contributed by atoms with van der Waals surface area (Å²) in [5.41, 5.74) is 1.89. The summed E-state index contributed by atoms with van der Waals surface area (Å²) in [7, 11) is 0. The number of fused-ring (bicyclic) bond motifs is 2. The molecule has 1 N–H and O–H groups in total. The number of carbonyl (C=O) groups excluding carboxylic acids is 3. The molecule has 1 aliphatic carbocycles. The molecule has 0 aromatic heterocycles. The first kappa shape index (κ1) is 20.2. The van der Waals surface area contributed by atoms with Crippen LogP contribution in [-0.4, -0.2) is 42.0 Å². The Morgan fingerprint density at radius 1 is 0.857 bits per heavy atom. The van der Waals surface area contributed by atoms with Gasteiger partial charge < -0.3 is 10.2 Å². The first-order valence-electron chi connectivity index (χ1n) is 9.49. The molecule has 2 aromatic carbocycles. The third kappa shape index (κ3) is 3.86. The van der Waals surface area contributed by atoms with Crippen LogP contribution in [0, 0.1) is 0 Å². The molecule has 0 radical (unpaired) electrons. The van der Waals surface area contributed by atoms with Gasteiger partial charge in [0.15, 0.2) is 11.6 Å². The van der Waals surface area contributed by atoms with Crippen LogP contribution in [0.1, 0.15) is 57.5 Å². The molecule has 1 saturated heterocycles. The second-order valence-electron chi connectivity index (χ2n) is 7.13. The summed E-state index contributed by atoms with van der Waals surface area (Å²) in [6.45, 7) is 2.80. The standard InChI is InChI=1S/C22H22N2O3.ClH/c25-19(11-14-24-12-4-1-5-13-24)23-18-10-6-9-17-20(18)22(27)16-8-3-2-7-15(16)21(17)26;/h2-3,6-10H,1,4-5,11-14H2,(H,23,25);1H. The minimum absolute atomic E-state index is 0. The molecule has 0 unspecified atom stereocenters. The molecule has 0 atom stereocenters. The fourth-order valence-corrected chi connectivity index (χ4v) is 3.90. The van der Waals surface area contributed by atoms with Gasteiger partial charge in [-0.1, -0.05) is 42.8 Å². The summed E-state index contributed by atoms with van der Waals surface area (Å²) < 4.78 is 0. The van der Waals surface area contributed by atoms with Crippen molar-refractivity contribution >= 4 is 35.6 Å². The average molecular weight is 399 g/mol. The quantitative estimate of drug-likeness (QED) is 0.727. The lowest BCUT2D eigenvalue weighted by Crippen LogP contribution is -2.32. The predicted octanol–water partition coefficient (Wildman–Crippen LogP) is 3.70. The highest BCUT2D eigenvalue weighted by Crippen LogP contribution is 2.31. The van der Waals surface area contributed by atoms with Crippen LogP contribution in [0.25, 0.3) is 0 Å². The zero-order valence-corrected chi connectivity index (χ0v) is 16.4. The zero-order valence-electron chi connectivity index (χ0n) is 15.6. The number of nitrogens with zero attached hydrogens (tertiary/aromatic N) is 1. The molecule has 1 aliphatic heterocycles. The summed E-state index contributed by atoms with van der Waals surface area (Å²) in [6.07, 6.45) is 4.01. The van der Waals surface area contributed by atoms with E-state index in [1.165, 1.54) is 19.3 Å². The normalized spacial score (nSPS) is 16.0. The number of nitrogens with one attached hydrogen (secondary N) is 1. The number of piperidine rings is 1. The minimum Gasteiger partial charge on any atom is -0.325 e. The van der Waals surface area contributed by atoms with Gasteiger partial charge in [-0.25, -0.2) is 0 Å². The van der Waals surface area contributed by atoms with Crippen LogP contribution in [0.3, 0.4) is 0 Å². The predicted molar refractivity (Wildman–Crippen MR) is 111 cm³/mol. The van der Waals surface area contributed by atoms with Crippen LogP contribution >= 0.6 is 12.4 Å². The largest absolute Gasteiger partial charge is 0.325 e. The smallest absolute Gasteiger partial charge is 0.225 e. The number of amides is 1. The van der Waals surface area contributed by atoms with Gasteiger partial charge in [0, 0.05) is 29.7 Å². The van der Waals surface area contributed by atoms with E-state index in [4.69, 9.17) is 0 Å². The molecule has 1 heterocycles. The van der Waals surface area contributed by atoms with Crippen LogP contribution in [-0.2, 0) is 4.79 Å². The molecule has 1 amide bonds. The van der Waals surface area contributed by atoms with Crippen molar-refractivity contribution in [1.82, 2.24) is 4.90 Å². The molecule has 2 aromatic rings. The highest BCUT2D eigenvalue weighted by Gasteiger charge is 2.31. The van der Waals surface area contributed by atoms with Gasteiger partial charge in [-0.15, -0.1) is 12.4 Å². The highest BCUT2D eigenvalue weighted by molar-refractivity contribution is 6.30. The molecule has 146 valence electrons. The average Bonchev–Trinajstić information content (AvgIpc) is 2.71. The van der Waals surface area contributed by atoms with Gasteiger partial charge in [-0.05, 0) is 32.0 Å². The van der Waals surface area contributed by atoms with Gasteiger partial charge in [0.05, 0.1) is 11.3 Å². The summed E-state index contributed by atoms with van der Waals surface area (Å²) in [5.74, 6) is -0.523. The maximum Gasteiger partial charge on any atom is 0.225 e. The monoisotopic (exact) mass is 398 g/mol. The molecule has 1 fully saturated rings. The van der Waals surface area contributed by atoms with Gasteiger partial charge in [-0.3, -0.25) is 14.4 Å². The number of carbonyl (C=O) groups is 3. The van der Waals surface area contributed by atoms with Crippen LogP contribution < -0.4 is 5.32 Å². The molecular weight excluding hydrogens is 376 g/mol. The summed E-state index contributed by atoms with van der Waals surface area (Å²) in [6, 6.07) is 11.9. The number of anilines is 1. The van der Waals surface area contributed by atoms with Crippen molar-refractivity contribution < 1.29 is 14.4 Å². The van der Waals surface area contributed by atoms with Crippen LogP contribution in [0.15, 0.2) is 42.5 Å². The molecule has 6 heteroatoms. The van der Waals surface area contributed by atoms with Crippen molar-refractivity contribution in [3.63, 3.8) is 0 Å². The molecule has 2 aliphatic rings. The fourth-order valence-electron chi connectivity index (χ4n) is 3.90. The van der Waals surface area contributed by atoms with Crippen molar-refractivity contribution in [1.29, 1.82) is 0 Å². The van der Waals surface area contributed by atoms with Crippen molar-refractivity contribution in [2.45, 2.75) is 25.7 Å². The van der Waals surface area contributed by atoms with E-state index in [0.29, 0.717) is 34.4 Å². The number of rotatable bonds is 4. The van der Waals surface area contributed by atoms with Gasteiger partial charge in [0.25, 0.3) is 0 Å². The van der Waals surface area contributed by atoms with E-state index in [-0.39, 0.29) is 29.9 Å². The lowest BCUT2D eigenvalue weighted by Gasteiger charge is -2.26. The van der Waals surface area contributed by atoms with E-state index in [2.05, 4.69) is 10.2 Å².